The normalized spacial score (nSPS) is 15.0. The van der Waals surface area contributed by atoms with E-state index >= 15 is 0 Å². The van der Waals surface area contributed by atoms with E-state index in [9.17, 15) is 47.9 Å². The summed E-state index contributed by atoms with van der Waals surface area (Å²) in [6.07, 6.45) is 5.90. The second-order valence-corrected chi connectivity index (χ2v) is 37.8. The first-order chi connectivity index (χ1) is 53.4. The zero-order valence-corrected chi connectivity index (χ0v) is 75.6. The van der Waals surface area contributed by atoms with Gasteiger partial charge in [-0.25, -0.2) is 9.67 Å². The molecule has 2 aromatic rings. The highest BCUT2D eigenvalue weighted by molar-refractivity contribution is 8.76. The molecule has 6 unspecified atom stereocenters. The Hall–Kier alpha value is -6.26. The van der Waals surface area contributed by atoms with E-state index in [0.29, 0.717) is 44.0 Å². The van der Waals surface area contributed by atoms with Crippen molar-refractivity contribution < 1.29 is 100 Å². The van der Waals surface area contributed by atoms with Crippen LogP contribution >= 0.6 is 43.2 Å². The molecule has 0 saturated heterocycles. The third-order valence-electron chi connectivity index (χ3n) is 19.5. The fourth-order valence-corrected chi connectivity index (χ4v) is 17.3. The third-order valence-corrected chi connectivity index (χ3v) is 23.5. The van der Waals surface area contributed by atoms with Crippen molar-refractivity contribution in [3.63, 3.8) is 0 Å². The van der Waals surface area contributed by atoms with Gasteiger partial charge in [0, 0.05) is 93.1 Å². The largest absolute Gasteiger partial charge is 0.468 e. The summed E-state index contributed by atoms with van der Waals surface area (Å²) in [5.74, 6) is -3.87. The molecule has 0 spiro atoms. The highest BCUT2D eigenvalue weighted by atomic mass is 33.1. The molecule has 650 valence electrons. The molecule has 0 saturated carbocycles. The molecule has 0 aliphatic heterocycles. The van der Waals surface area contributed by atoms with E-state index in [1.807, 2.05) is 59.1 Å². The van der Waals surface area contributed by atoms with E-state index in [0.717, 1.165) is 10.7 Å². The average Bonchev–Trinajstić information content (AvgIpc) is 0.831. The summed E-state index contributed by atoms with van der Waals surface area (Å²) >= 11 is 0. The van der Waals surface area contributed by atoms with Gasteiger partial charge in [-0.15, -0.1) is 5.10 Å². The van der Waals surface area contributed by atoms with E-state index in [1.54, 1.807) is 115 Å². The smallest absolute Gasteiger partial charge is 0.312 e. The summed E-state index contributed by atoms with van der Waals surface area (Å²) in [5.41, 5.74) is -1.77. The van der Waals surface area contributed by atoms with Crippen LogP contribution in [0.5, 0.6) is 0 Å². The molecule has 0 aliphatic carbocycles. The van der Waals surface area contributed by atoms with Gasteiger partial charge in [-0.3, -0.25) is 57.7 Å². The van der Waals surface area contributed by atoms with Crippen molar-refractivity contribution in [2.24, 2.45) is 48.4 Å². The van der Waals surface area contributed by atoms with E-state index in [-0.39, 0.29) is 173 Å². The zero-order chi connectivity index (χ0) is 86.6. The quantitative estimate of drug-likeness (QED) is 0.00867. The summed E-state index contributed by atoms with van der Waals surface area (Å²) in [5, 5.41) is 12.2. The summed E-state index contributed by atoms with van der Waals surface area (Å²) in [6, 6.07) is 6.30. The summed E-state index contributed by atoms with van der Waals surface area (Å²) in [6.45, 7) is 38.4. The van der Waals surface area contributed by atoms with E-state index < -0.39 is 91.1 Å². The van der Waals surface area contributed by atoms with Crippen molar-refractivity contribution in [3.8, 4) is 0 Å². The van der Waals surface area contributed by atoms with Crippen LogP contribution in [0.1, 0.15) is 208 Å². The number of aromatic nitrogens is 4. The minimum atomic E-state index is -1.56. The van der Waals surface area contributed by atoms with Crippen LogP contribution < -0.4 is 0 Å². The van der Waals surface area contributed by atoms with E-state index in [1.165, 1.54) is 35.8 Å². The maximum Gasteiger partial charge on any atom is 0.312 e. The molecule has 2 heterocycles. The van der Waals surface area contributed by atoms with Gasteiger partial charge in [-0.1, -0.05) is 55.7 Å². The number of rotatable bonds is 60. The first-order valence-electron chi connectivity index (χ1n) is 39.1. The van der Waals surface area contributed by atoms with Gasteiger partial charge in [0.1, 0.15) is 57.1 Å². The zero-order valence-electron chi connectivity index (χ0n) is 72.3. The van der Waals surface area contributed by atoms with Gasteiger partial charge in [0.25, 0.3) is 6.47 Å². The number of esters is 8. The van der Waals surface area contributed by atoms with Gasteiger partial charge in [-0.05, 0) is 224 Å². The van der Waals surface area contributed by atoms with Crippen molar-refractivity contribution in [1.29, 1.82) is 0 Å². The number of carbonyl (C=O) groups excluding carboxylic acids is 10. The topological polar surface area (TPSA) is 371 Å². The van der Waals surface area contributed by atoms with Gasteiger partial charge < -0.3 is 52.1 Å². The highest BCUT2D eigenvalue weighted by Gasteiger charge is 2.56. The Morgan fingerprint density at radius 2 is 0.947 bits per heavy atom. The number of Topliss-reactive ketones (excluding diaryl/α,β-unsaturated/α-hetero) is 1. The molecule has 2 rings (SSSR count). The first kappa shape index (κ1) is 106. The van der Waals surface area contributed by atoms with Crippen LogP contribution in [0.4, 0.5) is 0 Å². The summed E-state index contributed by atoms with van der Waals surface area (Å²) in [4.78, 5) is 148. The molecule has 0 aliphatic rings. The number of nitrogens with zero attached hydrogens (tertiary/aromatic N) is 9. The van der Waals surface area contributed by atoms with Gasteiger partial charge >= 0.3 is 47.8 Å². The fourth-order valence-electron chi connectivity index (χ4n) is 14.5. The maximum absolute atomic E-state index is 14.6. The van der Waals surface area contributed by atoms with E-state index in [4.69, 9.17) is 57.6 Å². The van der Waals surface area contributed by atoms with E-state index in [2.05, 4.69) is 62.8 Å². The molecular weight excluding hydrogens is 1550 g/mol. The minimum Gasteiger partial charge on any atom is -0.468 e. The van der Waals surface area contributed by atoms with Crippen LogP contribution in [-0.4, -0.2) is 238 Å². The minimum absolute atomic E-state index is 0.00509. The Kier molecular flexibility index (Phi) is 49.4. The second-order valence-electron chi connectivity index (χ2n) is 32.7. The number of aryl methyl sites for hydroxylation is 1. The predicted molar refractivity (Wildman–Crippen MR) is 442 cm³/mol. The summed E-state index contributed by atoms with van der Waals surface area (Å²) < 4.78 is 62.9. The SMILES string of the molecule is CCC(=O)CCCC(C)(CC(C)(CC(C)(CC(C)(C)C(=O)OCCn1cc(C)nn1)C(=O)OCCSSC)C(=O)OCCN(C(C)C)C(C)C)C(=O)OCCOC.COCCOC(=O)C(C)(CCOC=O)CC(C)(CC(C)(CC(C)(C)C(=O)OCCN=[N+]=[N-])C(=O)OCCSSc1ccccn1)C(=O)OCCN(C(C)C)C(C)C. The van der Waals surface area contributed by atoms with Gasteiger partial charge in [-0.2, -0.15) is 0 Å². The number of carbonyl (C=O) groups is 10. The van der Waals surface area contributed by atoms with Crippen LogP contribution in [0.2, 0.25) is 0 Å². The standard InChI is InChI=1S/C41H72N4O10S2.C39H63N5O11S2/c1-14-33(46)16-15-17-39(9,35(48)54-23-22-51-12)28-41(11,37(50)53-21-19-45(30(2)3)31(4)5)29-40(10,36(49)55-24-25-57-56-13)27-38(7,8)34(47)52-20-18-44-26-32(6)42-43-44;1-29(2)44(30(3)4)17-20-53-35(49)39(9,26-37(7,14-18-51-28-45)33(47)54-22-21-50-10)27-38(8,25-36(5,6)32(46)52-19-16-42-43-40)34(48)55-23-24-56-57-31-13-11-12-15-41-31/h26,30-31H,14-25,27-29H2,1-13H3;11-13,15,28-30H,14,16-27H2,1-10H3. The van der Waals surface area contributed by atoms with Crippen molar-refractivity contribution in [3.05, 3.63) is 46.7 Å². The lowest BCUT2D eigenvalue weighted by Crippen LogP contribution is -2.48. The number of ether oxygens (including phenoxy) is 11. The number of methoxy groups -OCH3 is 2. The number of ketones is 1. The van der Waals surface area contributed by atoms with Crippen LogP contribution in [-0.2, 0) is 107 Å². The predicted octanol–water partition coefficient (Wildman–Crippen LogP) is 13.7. The van der Waals surface area contributed by atoms with Crippen molar-refractivity contribution in [2.45, 2.75) is 245 Å². The van der Waals surface area contributed by atoms with Crippen LogP contribution in [0.3, 0.4) is 0 Å². The molecule has 0 fully saturated rings. The number of pyridine rings is 1. The van der Waals surface area contributed by atoms with Gasteiger partial charge in [0.05, 0.1) is 88.5 Å². The average molecular weight is 1690 g/mol. The first-order valence-corrected chi connectivity index (χ1v) is 44.1. The Morgan fingerprint density at radius 3 is 1.35 bits per heavy atom. The lowest BCUT2D eigenvalue weighted by atomic mass is 9.61. The lowest BCUT2D eigenvalue weighted by molar-refractivity contribution is -0.175. The Balaban J connectivity index is 0.00000114. The van der Waals surface area contributed by atoms with Crippen LogP contribution in [0, 0.1) is 50.2 Å². The van der Waals surface area contributed by atoms with Gasteiger partial charge in [0.15, 0.2) is 0 Å². The summed E-state index contributed by atoms with van der Waals surface area (Å²) in [7, 11) is 8.94. The number of azide groups is 1. The molecule has 2 aromatic heterocycles. The van der Waals surface area contributed by atoms with Crippen molar-refractivity contribution in [2.75, 3.05) is 124 Å². The fraction of sp³-hybridized carbons (Fsp3) is 0.787. The van der Waals surface area contributed by atoms with Crippen molar-refractivity contribution in [1.82, 2.24) is 29.8 Å². The molecule has 0 aromatic carbocycles. The molecule has 0 amide bonds. The highest BCUT2D eigenvalue weighted by Crippen LogP contribution is 2.52. The van der Waals surface area contributed by atoms with Crippen LogP contribution in [0.15, 0.2) is 40.7 Å². The monoisotopic (exact) mass is 1690 g/mol. The van der Waals surface area contributed by atoms with Crippen molar-refractivity contribution >= 4 is 103 Å². The maximum atomic E-state index is 14.6. The Bertz CT molecular complexity index is 3300. The Morgan fingerprint density at radius 1 is 0.535 bits per heavy atom. The second kappa shape index (κ2) is 53.2. The van der Waals surface area contributed by atoms with Gasteiger partial charge in [0.2, 0.25) is 0 Å². The molecule has 0 N–H and O–H groups in total. The molecular formula is C80H135N9O21S4. The number of hydrogen-bond acceptors (Lipinski definition) is 31. The molecule has 6 atom stereocenters. The molecule has 114 heavy (non-hydrogen) atoms. The lowest BCUT2D eigenvalue weighted by Gasteiger charge is -2.43. The molecule has 0 bridgehead atoms. The molecule has 34 heteroatoms. The third kappa shape index (κ3) is 38.4. The molecule has 30 nitrogen and oxygen atoms in total. The molecule has 0 radical (unpaired) electrons. The number of hydrogen-bond donors (Lipinski definition) is 0. The van der Waals surface area contributed by atoms with Crippen LogP contribution in [0.25, 0.3) is 10.4 Å². The Labute approximate surface area is 693 Å².